The van der Waals surface area contributed by atoms with Gasteiger partial charge in [-0.1, -0.05) is 12.2 Å². The first-order chi connectivity index (χ1) is 7.04. The molecule has 0 fully saturated rings. The first-order valence-corrected chi connectivity index (χ1v) is 4.62. The lowest BCUT2D eigenvalue weighted by Crippen LogP contribution is -2.27. The Labute approximate surface area is 89.7 Å². The van der Waals surface area contributed by atoms with Gasteiger partial charge in [0.15, 0.2) is 0 Å². The molecule has 5 nitrogen and oxygen atoms in total. The van der Waals surface area contributed by atoms with Gasteiger partial charge in [-0.05, 0) is 6.07 Å². The van der Waals surface area contributed by atoms with Crippen molar-refractivity contribution in [2.24, 2.45) is 5.73 Å². The molecular weight excluding hydrogens is 221 g/mol. The van der Waals surface area contributed by atoms with Gasteiger partial charge in [0.2, 0.25) is 5.91 Å². The minimum Gasteiger partial charge on any atom is -0.369 e. The number of aromatic nitrogens is 2. The van der Waals surface area contributed by atoms with Gasteiger partial charge in [-0.15, -0.1) is 0 Å². The number of hydrogen-bond acceptors (Lipinski definition) is 3. The summed E-state index contributed by atoms with van der Waals surface area (Å²) >= 11 is 4.87. The summed E-state index contributed by atoms with van der Waals surface area (Å²) in [5.74, 6) is -0.566. The van der Waals surface area contributed by atoms with Gasteiger partial charge in [-0.2, -0.15) is 0 Å². The molecule has 0 saturated heterocycles. The van der Waals surface area contributed by atoms with Gasteiger partial charge in [0.25, 0.3) is 0 Å². The fourth-order valence-corrected chi connectivity index (χ4v) is 1.46. The fraction of sp³-hybridized carbons (Fsp3) is 0.375. The Morgan fingerprint density at radius 1 is 1.67 bits per heavy atom. The number of carbonyl (C=O) groups excluding carboxylic acids is 1. The lowest BCUT2D eigenvalue weighted by Gasteiger charge is -2.04. The summed E-state index contributed by atoms with van der Waals surface area (Å²) in [4.78, 5) is 24.4. The largest absolute Gasteiger partial charge is 0.369 e. The normalized spacial score (nSPS) is 10.2. The molecule has 82 valence electrons. The van der Waals surface area contributed by atoms with E-state index in [0.29, 0.717) is 5.69 Å². The van der Waals surface area contributed by atoms with Gasteiger partial charge in [0.1, 0.15) is 11.3 Å². The summed E-state index contributed by atoms with van der Waals surface area (Å²) in [7, 11) is 0. The summed E-state index contributed by atoms with van der Waals surface area (Å²) in [6.45, 7) is -0.766. The molecule has 0 bridgehead atoms. The third-order valence-electron chi connectivity index (χ3n) is 1.75. The number of primary amides is 1. The van der Waals surface area contributed by atoms with Crippen molar-refractivity contribution in [1.82, 2.24) is 9.55 Å². The zero-order valence-corrected chi connectivity index (χ0v) is 8.64. The number of halogens is 1. The average molecular weight is 231 g/mol. The predicted molar refractivity (Wildman–Crippen MR) is 54.8 cm³/mol. The van der Waals surface area contributed by atoms with Gasteiger partial charge < -0.3 is 10.7 Å². The molecule has 0 aliphatic rings. The van der Waals surface area contributed by atoms with Gasteiger partial charge >= 0.3 is 5.69 Å². The molecule has 1 heterocycles. The summed E-state index contributed by atoms with van der Waals surface area (Å²) in [5.41, 5.74) is 4.77. The van der Waals surface area contributed by atoms with E-state index in [1.807, 2.05) is 0 Å². The quantitative estimate of drug-likeness (QED) is 0.710. The van der Waals surface area contributed by atoms with Crippen molar-refractivity contribution in [3.8, 4) is 0 Å². The molecule has 1 aromatic heterocycles. The summed E-state index contributed by atoms with van der Waals surface area (Å²) < 4.78 is 13.3. The van der Waals surface area contributed by atoms with Gasteiger partial charge in [0, 0.05) is 5.69 Å². The summed E-state index contributed by atoms with van der Waals surface area (Å²) in [6.07, 6.45) is -0.0880. The van der Waals surface area contributed by atoms with E-state index in [1.54, 1.807) is 0 Å². The van der Waals surface area contributed by atoms with E-state index in [9.17, 15) is 14.0 Å². The first kappa shape index (κ1) is 11.6. The number of nitrogens with one attached hydrogen (secondary N) is 1. The Hall–Kier alpha value is -1.50. The standard InChI is InChI=1S/C8H10FN3O2S/c9-1-2-12-7(15)4-5(3-6(10)13)11-8(12)14/h4H,1-3H2,(H2,10,13)(H,11,14). The smallest absolute Gasteiger partial charge is 0.326 e. The van der Waals surface area contributed by atoms with E-state index in [4.69, 9.17) is 18.0 Å². The van der Waals surface area contributed by atoms with E-state index in [1.165, 1.54) is 6.07 Å². The van der Waals surface area contributed by atoms with Crippen molar-refractivity contribution in [3.05, 3.63) is 26.9 Å². The Kier molecular flexibility index (Phi) is 3.73. The third-order valence-corrected chi connectivity index (χ3v) is 2.09. The van der Waals surface area contributed by atoms with E-state index in [0.717, 1.165) is 4.57 Å². The molecule has 0 radical (unpaired) electrons. The number of carbonyl (C=O) groups is 1. The van der Waals surface area contributed by atoms with Crippen LogP contribution in [0.15, 0.2) is 10.9 Å². The molecule has 7 heteroatoms. The SMILES string of the molecule is NC(=O)Cc1cc(=S)n(CCF)c(=O)[nH]1. The van der Waals surface area contributed by atoms with E-state index in [-0.39, 0.29) is 17.6 Å². The van der Waals surface area contributed by atoms with Crippen LogP contribution in [0.5, 0.6) is 0 Å². The van der Waals surface area contributed by atoms with Crippen LogP contribution in [0.4, 0.5) is 4.39 Å². The van der Waals surface area contributed by atoms with Crippen molar-refractivity contribution < 1.29 is 9.18 Å². The number of nitrogens with zero attached hydrogens (tertiary/aromatic N) is 1. The molecule has 3 N–H and O–H groups in total. The lowest BCUT2D eigenvalue weighted by molar-refractivity contribution is -0.117. The van der Waals surface area contributed by atoms with Crippen LogP contribution in [-0.2, 0) is 17.8 Å². The van der Waals surface area contributed by atoms with Gasteiger partial charge in [-0.3, -0.25) is 9.36 Å². The molecule has 15 heavy (non-hydrogen) atoms. The molecule has 1 aromatic rings. The maximum Gasteiger partial charge on any atom is 0.326 e. The van der Waals surface area contributed by atoms with Crippen molar-refractivity contribution in [1.29, 1.82) is 0 Å². The van der Waals surface area contributed by atoms with Crippen LogP contribution in [0, 0.1) is 4.64 Å². The van der Waals surface area contributed by atoms with Crippen molar-refractivity contribution in [2.75, 3.05) is 6.67 Å². The zero-order chi connectivity index (χ0) is 11.4. The van der Waals surface area contributed by atoms with Crippen LogP contribution in [0.1, 0.15) is 5.69 Å². The van der Waals surface area contributed by atoms with Crippen LogP contribution in [-0.4, -0.2) is 22.1 Å². The summed E-state index contributed by atoms with van der Waals surface area (Å²) in [6, 6.07) is 1.43. The second kappa shape index (κ2) is 4.83. The van der Waals surface area contributed by atoms with Gasteiger partial charge in [-0.25, -0.2) is 9.18 Å². The molecular formula is C8H10FN3O2S. The molecule has 0 aliphatic heterocycles. The van der Waals surface area contributed by atoms with E-state index >= 15 is 0 Å². The molecule has 0 unspecified atom stereocenters. The van der Waals surface area contributed by atoms with E-state index < -0.39 is 18.3 Å². The molecule has 0 aromatic carbocycles. The molecule has 0 saturated carbocycles. The van der Waals surface area contributed by atoms with Crippen molar-refractivity contribution in [2.45, 2.75) is 13.0 Å². The highest BCUT2D eigenvalue weighted by Gasteiger charge is 2.03. The fourth-order valence-electron chi connectivity index (χ4n) is 1.15. The Bertz CT molecular complexity index is 448. The van der Waals surface area contributed by atoms with Crippen LogP contribution in [0.25, 0.3) is 0 Å². The number of rotatable bonds is 4. The van der Waals surface area contributed by atoms with Crippen LogP contribution >= 0.6 is 12.2 Å². The molecule has 0 atom stereocenters. The van der Waals surface area contributed by atoms with Crippen molar-refractivity contribution >= 4 is 18.1 Å². The molecule has 0 aliphatic carbocycles. The molecule has 1 rings (SSSR count). The highest BCUT2D eigenvalue weighted by molar-refractivity contribution is 7.71. The monoisotopic (exact) mass is 231 g/mol. The number of amides is 1. The van der Waals surface area contributed by atoms with Crippen LogP contribution in [0.3, 0.4) is 0 Å². The topological polar surface area (TPSA) is 80.9 Å². The second-order valence-corrected chi connectivity index (χ2v) is 3.34. The predicted octanol–water partition coefficient (Wildman–Crippen LogP) is -0.0968. The number of alkyl halides is 1. The highest BCUT2D eigenvalue weighted by Crippen LogP contribution is 1.95. The minimum atomic E-state index is -0.674. The maximum absolute atomic E-state index is 12.1. The summed E-state index contributed by atoms with van der Waals surface area (Å²) in [5, 5.41) is 0. The maximum atomic E-state index is 12.1. The van der Waals surface area contributed by atoms with Crippen molar-refractivity contribution in [3.63, 3.8) is 0 Å². The number of hydrogen-bond donors (Lipinski definition) is 2. The zero-order valence-electron chi connectivity index (χ0n) is 7.83. The average Bonchev–Trinajstić information content (AvgIpc) is 2.10. The molecule has 0 spiro atoms. The number of H-pyrrole nitrogens is 1. The van der Waals surface area contributed by atoms with Crippen LogP contribution in [0.2, 0.25) is 0 Å². The Morgan fingerprint density at radius 2 is 2.33 bits per heavy atom. The molecule has 1 amide bonds. The number of aromatic amines is 1. The second-order valence-electron chi connectivity index (χ2n) is 2.92. The third kappa shape index (κ3) is 2.98. The van der Waals surface area contributed by atoms with E-state index in [2.05, 4.69) is 4.98 Å². The van der Waals surface area contributed by atoms with Gasteiger partial charge in [0.05, 0.1) is 13.0 Å². The minimum absolute atomic E-state index is 0.0880. The highest BCUT2D eigenvalue weighted by atomic mass is 32.1. The van der Waals surface area contributed by atoms with Crippen LogP contribution < -0.4 is 11.4 Å². The lowest BCUT2D eigenvalue weighted by atomic mass is 10.3. The number of nitrogens with two attached hydrogens (primary N) is 1. The Balaban J connectivity index is 3.14. The Morgan fingerprint density at radius 3 is 2.80 bits per heavy atom. The first-order valence-electron chi connectivity index (χ1n) is 4.22.